The van der Waals surface area contributed by atoms with E-state index in [1.54, 1.807) is 0 Å². The maximum Gasteiger partial charge on any atom is 0.147 e. The molecule has 2 N–H and O–H groups in total. The van der Waals surface area contributed by atoms with E-state index in [0.717, 1.165) is 12.8 Å². The molecule has 0 radical (unpaired) electrons. The van der Waals surface area contributed by atoms with Gasteiger partial charge in [0.2, 0.25) is 0 Å². The van der Waals surface area contributed by atoms with Gasteiger partial charge in [0.15, 0.2) is 0 Å². The summed E-state index contributed by atoms with van der Waals surface area (Å²) < 4.78 is 22.6. The first kappa shape index (κ1) is 12.6. The van der Waals surface area contributed by atoms with Crippen LogP contribution >= 0.6 is 0 Å². The van der Waals surface area contributed by atoms with Crippen LogP contribution in [0.1, 0.15) is 24.0 Å². The summed E-state index contributed by atoms with van der Waals surface area (Å²) in [7, 11) is -2.92. The van der Waals surface area contributed by atoms with Gasteiger partial charge < -0.3 is 5.73 Å². The summed E-state index contributed by atoms with van der Waals surface area (Å²) in [5.74, 6) is 0.221. The molecule has 0 fully saturated rings. The van der Waals surface area contributed by atoms with Crippen LogP contribution in [0.25, 0.3) is 0 Å². The van der Waals surface area contributed by atoms with Crippen molar-refractivity contribution in [3.63, 3.8) is 0 Å². The van der Waals surface area contributed by atoms with Crippen molar-refractivity contribution in [3.8, 4) is 0 Å². The Morgan fingerprint density at radius 2 is 2.06 bits per heavy atom. The van der Waals surface area contributed by atoms with Gasteiger partial charge in [0, 0.05) is 18.2 Å². The van der Waals surface area contributed by atoms with Gasteiger partial charge in [-0.1, -0.05) is 24.3 Å². The van der Waals surface area contributed by atoms with Gasteiger partial charge in [-0.3, -0.25) is 0 Å². The molecule has 1 aromatic carbocycles. The van der Waals surface area contributed by atoms with Gasteiger partial charge in [-0.05, 0) is 30.4 Å². The number of rotatable bonds is 4. The van der Waals surface area contributed by atoms with Gasteiger partial charge in [-0.15, -0.1) is 0 Å². The van der Waals surface area contributed by atoms with Gasteiger partial charge in [0.05, 0.1) is 5.75 Å². The number of hydrogen-bond acceptors (Lipinski definition) is 3. The number of aryl methyl sites for hydroxylation is 1. The highest BCUT2D eigenvalue weighted by atomic mass is 32.2. The van der Waals surface area contributed by atoms with E-state index in [2.05, 4.69) is 12.1 Å². The third-order valence-corrected chi connectivity index (χ3v) is 4.75. The molecule has 1 aromatic rings. The van der Waals surface area contributed by atoms with Crippen molar-refractivity contribution in [1.29, 1.82) is 0 Å². The lowest BCUT2D eigenvalue weighted by atomic mass is 9.79. The molecule has 0 heterocycles. The maximum absolute atomic E-state index is 11.3. The summed E-state index contributed by atoms with van der Waals surface area (Å²) >= 11 is 0. The summed E-state index contributed by atoms with van der Waals surface area (Å²) in [6.45, 7) is 0.527. The Bertz CT molecular complexity index is 510. The Morgan fingerprint density at radius 1 is 1.35 bits per heavy atom. The molecule has 0 bridgehead atoms. The van der Waals surface area contributed by atoms with Gasteiger partial charge in [-0.2, -0.15) is 0 Å². The second-order valence-electron chi connectivity index (χ2n) is 5.02. The Balaban J connectivity index is 2.28. The Labute approximate surface area is 103 Å². The molecular weight excluding hydrogens is 234 g/mol. The van der Waals surface area contributed by atoms with Crippen molar-refractivity contribution < 1.29 is 8.42 Å². The molecule has 4 heteroatoms. The van der Waals surface area contributed by atoms with Crippen LogP contribution in [0.3, 0.4) is 0 Å². The molecule has 0 spiro atoms. The highest BCUT2D eigenvalue weighted by Gasteiger charge is 2.37. The molecule has 1 aliphatic rings. The van der Waals surface area contributed by atoms with Crippen molar-refractivity contribution >= 4 is 9.84 Å². The second-order valence-corrected chi connectivity index (χ2v) is 7.28. The quantitative estimate of drug-likeness (QED) is 0.879. The Hall–Kier alpha value is -0.870. The number of nitrogens with two attached hydrogens (primary N) is 1. The van der Waals surface area contributed by atoms with E-state index in [0.29, 0.717) is 13.0 Å². The maximum atomic E-state index is 11.3. The zero-order chi connectivity index (χ0) is 12.5. The Kier molecular flexibility index (Phi) is 3.27. The van der Waals surface area contributed by atoms with Crippen molar-refractivity contribution in [2.45, 2.75) is 24.7 Å². The number of benzene rings is 1. The lowest BCUT2D eigenvalue weighted by Crippen LogP contribution is -2.34. The first-order chi connectivity index (χ1) is 7.97. The molecule has 2 rings (SSSR count). The first-order valence-electron chi connectivity index (χ1n) is 5.93. The molecule has 1 atom stereocenters. The van der Waals surface area contributed by atoms with Crippen LogP contribution in [0, 0.1) is 0 Å². The van der Waals surface area contributed by atoms with E-state index in [-0.39, 0.29) is 11.2 Å². The molecule has 1 aliphatic carbocycles. The number of sulfone groups is 1. The minimum absolute atomic E-state index is 0.125. The predicted molar refractivity (Wildman–Crippen MR) is 69.8 cm³/mol. The SMILES string of the molecule is CS(=O)(=O)CCC1(CN)CCc2ccccc21. The second kappa shape index (κ2) is 4.42. The van der Waals surface area contributed by atoms with Crippen LogP contribution < -0.4 is 5.73 Å². The van der Waals surface area contributed by atoms with Crippen LogP contribution in [0.2, 0.25) is 0 Å². The van der Waals surface area contributed by atoms with E-state index < -0.39 is 9.84 Å². The third-order valence-electron chi connectivity index (χ3n) is 3.80. The Morgan fingerprint density at radius 3 is 2.71 bits per heavy atom. The smallest absolute Gasteiger partial charge is 0.147 e. The topological polar surface area (TPSA) is 60.2 Å². The molecule has 0 aromatic heterocycles. The van der Waals surface area contributed by atoms with Crippen LogP contribution in [0.4, 0.5) is 0 Å². The average molecular weight is 253 g/mol. The van der Waals surface area contributed by atoms with Gasteiger partial charge in [0.25, 0.3) is 0 Å². The zero-order valence-electron chi connectivity index (χ0n) is 10.1. The zero-order valence-corrected chi connectivity index (χ0v) is 11.0. The number of fused-ring (bicyclic) bond motifs is 1. The molecule has 0 saturated heterocycles. The lowest BCUT2D eigenvalue weighted by Gasteiger charge is -2.28. The molecular formula is C13H19NO2S. The van der Waals surface area contributed by atoms with Crippen molar-refractivity contribution in [1.82, 2.24) is 0 Å². The standard InChI is InChI=1S/C13H19NO2S/c1-17(15,16)9-8-13(10-14)7-6-11-4-2-3-5-12(11)13/h2-5H,6-10,14H2,1H3. The highest BCUT2D eigenvalue weighted by molar-refractivity contribution is 7.90. The molecule has 0 amide bonds. The van der Waals surface area contributed by atoms with Gasteiger partial charge >= 0.3 is 0 Å². The summed E-state index contributed by atoms with van der Waals surface area (Å²) in [4.78, 5) is 0. The fourth-order valence-corrected chi connectivity index (χ4v) is 3.48. The van der Waals surface area contributed by atoms with Crippen LogP contribution in [-0.4, -0.2) is 27.0 Å². The fourth-order valence-electron chi connectivity index (χ4n) is 2.72. The van der Waals surface area contributed by atoms with Crippen LogP contribution in [-0.2, 0) is 21.7 Å². The van der Waals surface area contributed by atoms with Crippen molar-refractivity contribution in [2.75, 3.05) is 18.6 Å². The van der Waals surface area contributed by atoms with Gasteiger partial charge in [-0.25, -0.2) is 8.42 Å². The lowest BCUT2D eigenvalue weighted by molar-refractivity contribution is 0.419. The molecule has 1 unspecified atom stereocenters. The molecule has 0 aliphatic heterocycles. The van der Waals surface area contributed by atoms with Crippen molar-refractivity contribution in [3.05, 3.63) is 35.4 Å². The first-order valence-corrected chi connectivity index (χ1v) is 7.99. The predicted octanol–water partition coefficient (Wildman–Crippen LogP) is 1.26. The van der Waals surface area contributed by atoms with E-state index >= 15 is 0 Å². The number of hydrogen-bond donors (Lipinski definition) is 1. The summed E-state index contributed by atoms with van der Waals surface area (Å²) in [5, 5.41) is 0. The molecule has 3 nitrogen and oxygen atoms in total. The van der Waals surface area contributed by atoms with Gasteiger partial charge in [0.1, 0.15) is 9.84 Å². The normalized spacial score (nSPS) is 23.6. The molecule has 94 valence electrons. The van der Waals surface area contributed by atoms with E-state index in [4.69, 9.17) is 5.73 Å². The summed E-state index contributed by atoms with van der Waals surface area (Å²) in [5.41, 5.74) is 8.37. The molecule has 17 heavy (non-hydrogen) atoms. The van der Waals surface area contributed by atoms with E-state index in [9.17, 15) is 8.42 Å². The third kappa shape index (κ3) is 2.53. The summed E-state index contributed by atoms with van der Waals surface area (Å²) in [6, 6.07) is 8.25. The van der Waals surface area contributed by atoms with E-state index in [1.165, 1.54) is 17.4 Å². The average Bonchev–Trinajstić information content (AvgIpc) is 2.66. The monoisotopic (exact) mass is 253 g/mol. The minimum atomic E-state index is -2.92. The van der Waals surface area contributed by atoms with Crippen LogP contribution in [0.5, 0.6) is 0 Å². The van der Waals surface area contributed by atoms with Crippen LogP contribution in [0.15, 0.2) is 24.3 Å². The largest absolute Gasteiger partial charge is 0.330 e. The fraction of sp³-hybridized carbons (Fsp3) is 0.538. The molecule has 0 saturated carbocycles. The van der Waals surface area contributed by atoms with Crippen molar-refractivity contribution in [2.24, 2.45) is 5.73 Å². The highest BCUT2D eigenvalue weighted by Crippen LogP contribution is 2.40. The van der Waals surface area contributed by atoms with E-state index in [1.807, 2.05) is 12.1 Å². The minimum Gasteiger partial charge on any atom is -0.330 e. The summed E-state index contributed by atoms with van der Waals surface area (Å²) in [6.07, 6.45) is 3.91.